The molecule has 100 valence electrons. The van der Waals surface area contributed by atoms with Gasteiger partial charge in [0.1, 0.15) is 12.4 Å². The minimum absolute atomic E-state index is 0.655. The Kier molecular flexibility index (Phi) is 5.36. The number of nitrogens with one attached hydrogen (secondary N) is 1. The number of aromatic nitrogens is 1. The summed E-state index contributed by atoms with van der Waals surface area (Å²) in [7, 11) is 0. The van der Waals surface area contributed by atoms with Crippen LogP contribution in [-0.4, -0.2) is 18.1 Å². The normalized spacial score (nSPS) is 10.4. The maximum absolute atomic E-state index is 5.73. The molecular weight excluding hydrogens is 304 g/mol. The number of pyridine rings is 1. The molecule has 3 nitrogen and oxygen atoms in total. The van der Waals surface area contributed by atoms with Gasteiger partial charge in [0.2, 0.25) is 0 Å². The lowest BCUT2D eigenvalue weighted by atomic mass is 10.2. The average Bonchev–Trinajstić information content (AvgIpc) is 2.42. The van der Waals surface area contributed by atoms with Gasteiger partial charge in [0.25, 0.3) is 0 Å². The first-order chi connectivity index (χ1) is 9.25. The second-order valence-electron chi connectivity index (χ2n) is 4.30. The summed E-state index contributed by atoms with van der Waals surface area (Å²) >= 11 is 3.44. The standard InChI is InChI=1S/C15H17BrN2O/c1-12-9-14(16)4-5-15(12)19-8-7-18-11-13-3-2-6-17-10-13/h2-6,9-10,18H,7-8,11H2,1H3. The molecule has 19 heavy (non-hydrogen) atoms. The highest BCUT2D eigenvalue weighted by atomic mass is 79.9. The van der Waals surface area contributed by atoms with Crippen LogP contribution >= 0.6 is 15.9 Å². The number of ether oxygens (including phenoxy) is 1. The maximum Gasteiger partial charge on any atom is 0.122 e. The van der Waals surface area contributed by atoms with Crippen molar-refractivity contribution in [1.82, 2.24) is 10.3 Å². The highest BCUT2D eigenvalue weighted by molar-refractivity contribution is 9.10. The van der Waals surface area contributed by atoms with Crippen molar-refractivity contribution in [2.24, 2.45) is 0 Å². The zero-order valence-corrected chi connectivity index (χ0v) is 12.5. The van der Waals surface area contributed by atoms with Gasteiger partial charge in [0, 0.05) is 30.0 Å². The van der Waals surface area contributed by atoms with E-state index in [0.717, 1.165) is 28.9 Å². The Bertz CT molecular complexity index is 517. The fourth-order valence-electron chi connectivity index (χ4n) is 1.74. The second-order valence-corrected chi connectivity index (χ2v) is 5.21. The molecule has 0 atom stereocenters. The predicted octanol–water partition coefficient (Wildman–Crippen LogP) is 3.32. The second kappa shape index (κ2) is 7.26. The Balaban J connectivity index is 1.69. The highest BCUT2D eigenvalue weighted by Crippen LogP contribution is 2.21. The van der Waals surface area contributed by atoms with E-state index in [-0.39, 0.29) is 0 Å². The highest BCUT2D eigenvalue weighted by Gasteiger charge is 1.99. The van der Waals surface area contributed by atoms with Crippen molar-refractivity contribution in [3.8, 4) is 5.75 Å². The molecule has 0 radical (unpaired) electrons. The van der Waals surface area contributed by atoms with Crippen LogP contribution in [0.1, 0.15) is 11.1 Å². The number of halogens is 1. The third-order valence-electron chi connectivity index (χ3n) is 2.73. The van der Waals surface area contributed by atoms with Crippen molar-refractivity contribution in [3.63, 3.8) is 0 Å². The molecule has 2 rings (SSSR count). The van der Waals surface area contributed by atoms with Crippen molar-refractivity contribution in [2.45, 2.75) is 13.5 Å². The van der Waals surface area contributed by atoms with Crippen LogP contribution in [0.4, 0.5) is 0 Å². The van der Waals surface area contributed by atoms with Gasteiger partial charge in [-0.25, -0.2) is 0 Å². The molecule has 1 aromatic carbocycles. The number of rotatable bonds is 6. The van der Waals surface area contributed by atoms with E-state index in [0.29, 0.717) is 6.61 Å². The van der Waals surface area contributed by atoms with Crippen LogP contribution in [0.25, 0.3) is 0 Å². The molecule has 0 aliphatic heterocycles. The molecular formula is C15H17BrN2O. The molecule has 0 spiro atoms. The van der Waals surface area contributed by atoms with E-state index in [1.54, 1.807) is 6.20 Å². The Labute approximate surface area is 122 Å². The lowest BCUT2D eigenvalue weighted by Crippen LogP contribution is -2.20. The first kappa shape index (κ1) is 14.0. The molecule has 1 N–H and O–H groups in total. The average molecular weight is 321 g/mol. The van der Waals surface area contributed by atoms with Gasteiger partial charge >= 0.3 is 0 Å². The number of aryl methyl sites for hydroxylation is 1. The lowest BCUT2D eigenvalue weighted by Gasteiger charge is -2.10. The van der Waals surface area contributed by atoms with Gasteiger partial charge in [-0.2, -0.15) is 0 Å². The zero-order valence-electron chi connectivity index (χ0n) is 10.9. The van der Waals surface area contributed by atoms with Gasteiger partial charge in [-0.3, -0.25) is 4.98 Å². The topological polar surface area (TPSA) is 34.1 Å². The first-order valence-corrected chi connectivity index (χ1v) is 7.03. The fourth-order valence-corrected chi connectivity index (χ4v) is 2.22. The largest absolute Gasteiger partial charge is 0.492 e. The molecule has 0 unspecified atom stereocenters. The van der Waals surface area contributed by atoms with Crippen molar-refractivity contribution in [3.05, 3.63) is 58.3 Å². The van der Waals surface area contributed by atoms with Gasteiger partial charge in [-0.1, -0.05) is 22.0 Å². The van der Waals surface area contributed by atoms with E-state index in [9.17, 15) is 0 Å². The third-order valence-corrected chi connectivity index (χ3v) is 3.22. The Hall–Kier alpha value is -1.39. The summed E-state index contributed by atoms with van der Waals surface area (Å²) in [5.41, 5.74) is 2.32. The van der Waals surface area contributed by atoms with Crippen LogP contribution in [0.2, 0.25) is 0 Å². The number of hydrogen-bond acceptors (Lipinski definition) is 3. The Morgan fingerprint density at radius 2 is 2.21 bits per heavy atom. The van der Waals surface area contributed by atoms with Crippen LogP contribution in [0.3, 0.4) is 0 Å². The predicted molar refractivity (Wildman–Crippen MR) is 80.3 cm³/mol. The molecule has 0 amide bonds. The van der Waals surface area contributed by atoms with Gasteiger partial charge in [0.05, 0.1) is 0 Å². The molecule has 1 heterocycles. The van der Waals surface area contributed by atoms with E-state index >= 15 is 0 Å². The number of hydrogen-bond donors (Lipinski definition) is 1. The van der Waals surface area contributed by atoms with E-state index < -0.39 is 0 Å². The SMILES string of the molecule is Cc1cc(Br)ccc1OCCNCc1cccnc1. The van der Waals surface area contributed by atoms with Gasteiger partial charge in [-0.05, 0) is 42.3 Å². The van der Waals surface area contributed by atoms with Crippen LogP contribution < -0.4 is 10.1 Å². The summed E-state index contributed by atoms with van der Waals surface area (Å²) in [6, 6.07) is 10.0. The van der Waals surface area contributed by atoms with Gasteiger partial charge in [-0.15, -0.1) is 0 Å². The maximum atomic E-state index is 5.73. The van der Waals surface area contributed by atoms with Crippen molar-refractivity contribution in [2.75, 3.05) is 13.2 Å². The van der Waals surface area contributed by atoms with Crippen molar-refractivity contribution >= 4 is 15.9 Å². The number of benzene rings is 1. The zero-order chi connectivity index (χ0) is 13.5. The third kappa shape index (κ3) is 4.65. The summed E-state index contributed by atoms with van der Waals surface area (Å²) in [6.07, 6.45) is 3.65. The van der Waals surface area contributed by atoms with E-state index in [1.807, 2.05) is 31.3 Å². The molecule has 1 aromatic heterocycles. The van der Waals surface area contributed by atoms with Gasteiger partial charge < -0.3 is 10.1 Å². The smallest absolute Gasteiger partial charge is 0.122 e. The summed E-state index contributed by atoms with van der Waals surface area (Å²) in [5.74, 6) is 0.936. The summed E-state index contributed by atoms with van der Waals surface area (Å²) < 4.78 is 6.81. The van der Waals surface area contributed by atoms with Crippen LogP contribution in [-0.2, 0) is 6.54 Å². The molecule has 0 aliphatic rings. The number of nitrogens with zero attached hydrogens (tertiary/aromatic N) is 1. The summed E-state index contributed by atoms with van der Waals surface area (Å²) in [4.78, 5) is 4.08. The molecule has 0 fully saturated rings. The minimum Gasteiger partial charge on any atom is -0.492 e. The summed E-state index contributed by atoms with van der Waals surface area (Å²) in [6.45, 7) is 4.33. The molecule has 0 bridgehead atoms. The van der Waals surface area contributed by atoms with E-state index in [4.69, 9.17) is 4.74 Å². The van der Waals surface area contributed by atoms with Crippen molar-refractivity contribution < 1.29 is 4.74 Å². The van der Waals surface area contributed by atoms with Crippen LogP contribution in [0.5, 0.6) is 5.75 Å². The van der Waals surface area contributed by atoms with Gasteiger partial charge in [0.15, 0.2) is 0 Å². The molecule has 0 saturated heterocycles. The monoisotopic (exact) mass is 320 g/mol. The Morgan fingerprint density at radius 1 is 1.32 bits per heavy atom. The molecule has 4 heteroatoms. The molecule has 0 aliphatic carbocycles. The molecule has 2 aromatic rings. The fraction of sp³-hybridized carbons (Fsp3) is 0.267. The van der Waals surface area contributed by atoms with Crippen LogP contribution in [0, 0.1) is 6.92 Å². The van der Waals surface area contributed by atoms with E-state index in [1.165, 1.54) is 5.56 Å². The summed E-state index contributed by atoms with van der Waals surface area (Å²) in [5, 5.41) is 3.33. The Morgan fingerprint density at radius 3 is 2.95 bits per heavy atom. The van der Waals surface area contributed by atoms with Crippen LogP contribution in [0.15, 0.2) is 47.2 Å². The minimum atomic E-state index is 0.655. The van der Waals surface area contributed by atoms with Crippen molar-refractivity contribution in [1.29, 1.82) is 0 Å². The quantitative estimate of drug-likeness (QED) is 0.829. The van der Waals surface area contributed by atoms with E-state index in [2.05, 4.69) is 38.4 Å². The molecule has 0 saturated carbocycles. The lowest BCUT2D eigenvalue weighted by molar-refractivity contribution is 0.311. The first-order valence-electron chi connectivity index (χ1n) is 6.24.